The zero-order valence-corrected chi connectivity index (χ0v) is 9.49. The molecular formula is C10H16N4O2. The maximum atomic E-state index is 11.9. The highest BCUT2D eigenvalue weighted by molar-refractivity contribution is 5.93. The minimum absolute atomic E-state index is 0.101. The molecule has 0 aromatic carbocycles. The lowest BCUT2D eigenvalue weighted by Crippen LogP contribution is -2.48. The smallest absolute Gasteiger partial charge is 0.315 e. The highest BCUT2D eigenvalue weighted by Crippen LogP contribution is 2.16. The van der Waals surface area contributed by atoms with Crippen molar-refractivity contribution in [2.45, 2.75) is 32.7 Å². The van der Waals surface area contributed by atoms with E-state index in [1.807, 2.05) is 0 Å². The molecule has 0 saturated carbocycles. The van der Waals surface area contributed by atoms with E-state index in [9.17, 15) is 4.79 Å². The van der Waals surface area contributed by atoms with Crippen molar-refractivity contribution in [3.63, 3.8) is 0 Å². The number of anilines is 1. The topological polar surface area (TPSA) is 80.0 Å². The van der Waals surface area contributed by atoms with Crippen molar-refractivity contribution in [3.05, 3.63) is 5.82 Å². The number of nitrogens with one attached hydrogen (secondary N) is 2. The number of nitrogens with zero attached hydrogens (tertiary/aromatic N) is 2. The summed E-state index contributed by atoms with van der Waals surface area (Å²) in [6, 6.07) is 0.00281. The van der Waals surface area contributed by atoms with E-state index in [2.05, 4.69) is 27.7 Å². The summed E-state index contributed by atoms with van der Waals surface area (Å²) in [5, 5.41) is 9.43. The molecule has 0 bridgehead atoms. The number of aryl methyl sites for hydroxylation is 1. The van der Waals surface area contributed by atoms with Crippen LogP contribution in [0.15, 0.2) is 4.52 Å². The average molecular weight is 224 g/mol. The maximum absolute atomic E-state index is 11.9. The molecule has 1 saturated heterocycles. The molecule has 6 nitrogen and oxygen atoms in total. The number of hydrogen-bond acceptors (Lipinski definition) is 5. The Morgan fingerprint density at radius 1 is 1.62 bits per heavy atom. The second-order valence-corrected chi connectivity index (χ2v) is 4.19. The molecule has 16 heavy (non-hydrogen) atoms. The number of aromatic nitrogens is 2. The Kier molecular flexibility index (Phi) is 3.19. The lowest BCUT2D eigenvalue weighted by atomic mass is 9.92. The molecule has 1 amide bonds. The first-order valence-corrected chi connectivity index (χ1v) is 5.51. The first-order chi connectivity index (χ1) is 7.66. The molecule has 2 unspecified atom stereocenters. The van der Waals surface area contributed by atoms with Gasteiger partial charge < -0.3 is 9.84 Å². The summed E-state index contributed by atoms with van der Waals surface area (Å²) < 4.78 is 4.84. The van der Waals surface area contributed by atoms with Crippen LogP contribution in [-0.4, -0.2) is 28.6 Å². The Morgan fingerprint density at radius 2 is 2.44 bits per heavy atom. The van der Waals surface area contributed by atoms with Gasteiger partial charge in [-0.25, -0.2) is 0 Å². The Bertz CT molecular complexity index is 377. The molecule has 2 N–H and O–H groups in total. The Labute approximate surface area is 93.8 Å². The molecule has 1 aromatic rings. The fourth-order valence-corrected chi connectivity index (χ4v) is 1.93. The van der Waals surface area contributed by atoms with Crippen LogP contribution in [0.5, 0.6) is 0 Å². The molecule has 0 radical (unpaired) electrons. The number of rotatable bonds is 2. The Balaban J connectivity index is 1.96. The Morgan fingerprint density at radius 3 is 3.06 bits per heavy atom. The van der Waals surface area contributed by atoms with Crippen LogP contribution >= 0.6 is 0 Å². The van der Waals surface area contributed by atoms with Gasteiger partial charge in [0.15, 0.2) is 5.82 Å². The van der Waals surface area contributed by atoms with Crippen LogP contribution in [0.3, 0.4) is 0 Å². The number of carbonyl (C=O) groups is 1. The van der Waals surface area contributed by atoms with Gasteiger partial charge in [-0.1, -0.05) is 12.1 Å². The first kappa shape index (κ1) is 11.1. The summed E-state index contributed by atoms with van der Waals surface area (Å²) in [7, 11) is 0. The van der Waals surface area contributed by atoms with Crippen molar-refractivity contribution in [2.24, 2.45) is 5.92 Å². The molecule has 88 valence electrons. The van der Waals surface area contributed by atoms with Gasteiger partial charge in [-0.05, 0) is 32.2 Å². The summed E-state index contributed by atoms with van der Waals surface area (Å²) in [5.74, 6) is 0.744. The normalized spacial score (nSPS) is 25.4. The van der Waals surface area contributed by atoms with Gasteiger partial charge >= 0.3 is 6.01 Å². The van der Waals surface area contributed by atoms with Crippen molar-refractivity contribution in [3.8, 4) is 0 Å². The Hall–Kier alpha value is -1.43. The average Bonchev–Trinajstić information content (AvgIpc) is 2.64. The van der Waals surface area contributed by atoms with Gasteiger partial charge in [-0.2, -0.15) is 4.98 Å². The van der Waals surface area contributed by atoms with Crippen LogP contribution in [0.2, 0.25) is 0 Å². The molecular weight excluding hydrogens is 208 g/mol. The number of amides is 1. The van der Waals surface area contributed by atoms with E-state index in [4.69, 9.17) is 4.52 Å². The number of piperidine rings is 1. The van der Waals surface area contributed by atoms with Crippen molar-refractivity contribution in [1.29, 1.82) is 0 Å². The highest BCUT2D eigenvalue weighted by atomic mass is 16.5. The van der Waals surface area contributed by atoms with Crippen LogP contribution in [0.25, 0.3) is 0 Å². The zero-order valence-electron chi connectivity index (χ0n) is 9.49. The van der Waals surface area contributed by atoms with Crippen LogP contribution in [0.1, 0.15) is 25.6 Å². The lowest BCUT2D eigenvalue weighted by Gasteiger charge is -2.28. The summed E-state index contributed by atoms with van der Waals surface area (Å²) in [5.41, 5.74) is 0. The van der Waals surface area contributed by atoms with Crippen molar-refractivity contribution < 1.29 is 9.32 Å². The molecule has 6 heteroatoms. The van der Waals surface area contributed by atoms with E-state index >= 15 is 0 Å². The summed E-state index contributed by atoms with van der Waals surface area (Å²) in [6.45, 7) is 4.65. The molecule has 1 aliphatic rings. The van der Waals surface area contributed by atoms with Gasteiger partial charge in [0.1, 0.15) is 0 Å². The summed E-state index contributed by atoms with van der Waals surface area (Å²) >= 11 is 0. The van der Waals surface area contributed by atoms with Crippen LogP contribution < -0.4 is 10.6 Å². The fraction of sp³-hybridized carbons (Fsp3) is 0.700. The van der Waals surface area contributed by atoms with Gasteiger partial charge in [0.2, 0.25) is 5.91 Å². The number of carbonyl (C=O) groups excluding carboxylic acids is 1. The van der Waals surface area contributed by atoms with Crippen LogP contribution in [-0.2, 0) is 4.79 Å². The third-order valence-corrected chi connectivity index (χ3v) is 2.81. The van der Waals surface area contributed by atoms with Gasteiger partial charge in [0.25, 0.3) is 0 Å². The zero-order chi connectivity index (χ0) is 11.5. The fourth-order valence-electron chi connectivity index (χ4n) is 1.93. The van der Waals surface area contributed by atoms with Crippen LogP contribution in [0, 0.1) is 12.8 Å². The summed E-state index contributed by atoms with van der Waals surface area (Å²) in [4.78, 5) is 15.8. The van der Waals surface area contributed by atoms with E-state index in [0.29, 0.717) is 11.7 Å². The van der Waals surface area contributed by atoms with Gasteiger partial charge in [0.05, 0.1) is 6.04 Å². The molecule has 2 heterocycles. The van der Waals surface area contributed by atoms with E-state index in [-0.39, 0.29) is 18.0 Å². The molecule has 0 aliphatic carbocycles. The molecule has 1 fully saturated rings. The molecule has 1 aliphatic heterocycles. The molecule has 2 rings (SSSR count). The summed E-state index contributed by atoms with van der Waals surface area (Å²) in [6.07, 6.45) is 2.18. The first-order valence-electron chi connectivity index (χ1n) is 5.51. The van der Waals surface area contributed by atoms with E-state index in [1.54, 1.807) is 6.92 Å². The van der Waals surface area contributed by atoms with Crippen molar-refractivity contribution in [1.82, 2.24) is 15.5 Å². The van der Waals surface area contributed by atoms with E-state index in [1.165, 1.54) is 0 Å². The van der Waals surface area contributed by atoms with Gasteiger partial charge in [-0.3, -0.25) is 10.1 Å². The monoisotopic (exact) mass is 224 g/mol. The SMILES string of the molecule is Cc1noc(NC(=O)C2NCCCC2C)n1. The van der Waals surface area contributed by atoms with Gasteiger partial charge in [-0.15, -0.1) is 0 Å². The van der Waals surface area contributed by atoms with E-state index < -0.39 is 0 Å². The predicted octanol–water partition coefficient (Wildman–Crippen LogP) is 0.705. The standard InChI is InChI=1S/C10H16N4O2/c1-6-4-3-5-11-8(6)9(15)13-10-12-7(2)14-16-10/h6,8,11H,3-5H2,1-2H3,(H,12,13,14,15). The largest absolute Gasteiger partial charge is 0.328 e. The molecule has 2 atom stereocenters. The second kappa shape index (κ2) is 4.61. The molecule has 1 aromatic heterocycles. The quantitative estimate of drug-likeness (QED) is 0.773. The number of hydrogen-bond donors (Lipinski definition) is 2. The highest BCUT2D eigenvalue weighted by Gasteiger charge is 2.28. The third-order valence-electron chi connectivity index (χ3n) is 2.81. The minimum Gasteiger partial charge on any atom is -0.315 e. The minimum atomic E-state index is -0.166. The third kappa shape index (κ3) is 2.38. The van der Waals surface area contributed by atoms with Crippen molar-refractivity contribution >= 4 is 11.9 Å². The van der Waals surface area contributed by atoms with Crippen molar-refractivity contribution in [2.75, 3.05) is 11.9 Å². The van der Waals surface area contributed by atoms with Crippen LogP contribution in [0.4, 0.5) is 6.01 Å². The second-order valence-electron chi connectivity index (χ2n) is 4.19. The lowest BCUT2D eigenvalue weighted by molar-refractivity contribution is -0.119. The van der Waals surface area contributed by atoms with E-state index in [0.717, 1.165) is 19.4 Å². The molecule has 0 spiro atoms. The van der Waals surface area contributed by atoms with Gasteiger partial charge in [0, 0.05) is 0 Å². The maximum Gasteiger partial charge on any atom is 0.328 e. The predicted molar refractivity (Wildman–Crippen MR) is 57.9 cm³/mol.